The second kappa shape index (κ2) is 13.9. The number of nitrogens with zero attached hydrogens (tertiary/aromatic N) is 2. The van der Waals surface area contributed by atoms with Crippen LogP contribution in [0.3, 0.4) is 0 Å². The van der Waals surface area contributed by atoms with Crippen molar-refractivity contribution in [3.05, 3.63) is 51.5 Å². The number of hydrogen-bond donors (Lipinski definition) is 3. The lowest BCUT2D eigenvalue weighted by Crippen LogP contribution is -2.27. The summed E-state index contributed by atoms with van der Waals surface area (Å²) in [5, 5.41) is 11.5. The molecule has 1 aliphatic rings. The van der Waals surface area contributed by atoms with Gasteiger partial charge in [-0.2, -0.15) is 4.98 Å². The predicted octanol–water partition coefficient (Wildman–Crippen LogP) is 7.86. The zero-order valence-corrected chi connectivity index (χ0v) is 26.4. The van der Waals surface area contributed by atoms with Crippen molar-refractivity contribution in [1.29, 1.82) is 0 Å². The number of halogens is 1. The summed E-state index contributed by atoms with van der Waals surface area (Å²) in [6, 6.07) is 6.29. The van der Waals surface area contributed by atoms with Gasteiger partial charge in [0.2, 0.25) is 5.95 Å². The van der Waals surface area contributed by atoms with Crippen LogP contribution in [0.15, 0.2) is 34.0 Å². The lowest BCUT2D eigenvalue weighted by Gasteiger charge is -2.26. The van der Waals surface area contributed by atoms with Gasteiger partial charge in [0.25, 0.3) is 0 Å². The van der Waals surface area contributed by atoms with Gasteiger partial charge in [-0.25, -0.2) is 13.4 Å². The average Bonchev–Trinajstić information content (AvgIpc) is 3.38. The maximum atomic E-state index is 12.8. The van der Waals surface area contributed by atoms with Crippen molar-refractivity contribution in [3.8, 4) is 0 Å². The first-order valence-corrected chi connectivity index (χ1v) is 16.6. The molecule has 0 unspecified atom stereocenters. The minimum absolute atomic E-state index is 0.273. The first kappa shape index (κ1) is 31.3. The summed E-state index contributed by atoms with van der Waals surface area (Å²) in [6.45, 7) is 16.1. The van der Waals surface area contributed by atoms with Gasteiger partial charge in [-0.3, -0.25) is 0 Å². The summed E-state index contributed by atoms with van der Waals surface area (Å²) in [4.78, 5) is 9.02. The maximum absolute atomic E-state index is 12.8. The number of sulfone groups is 1. The molecule has 0 amide bonds. The highest BCUT2D eigenvalue weighted by atomic mass is 35.5. The van der Waals surface area contributed by atoms with Crippen LogP contribution < -0.4 is 16.0 Å². The van der Waals surface area contributed by atoms with Crippen molar-refractivity contribution in [2.75, 3.05) is 23.7 Å². The van der Waals surface area contributed by atoms with Crippen molar-refractivity contribution < 1.29 is 8.42 Å². The SMILES string of the molecule is CC.Cc1cc(Nc2ncc(Cl)c(Nc3ccsc3S(=O)(=O)C(C)C)n2)c(CC(C)C)cc1C1CCNCC1. The molecule has 3 aromatic rings. The molecule has 4 rings (SSSR count). The number of aromatic nitrogens is 2. The van der Waals surface area contributed by atoms with Crippen LogP contribution in [0.5, 0.6) is 0 Å². The highest BCUT2D eigenvalue weighted by molar-refractivity contribution is 7.94. The minimum atomic E-state index is -3.44. The summed E-state index contributed by atoms with van der Waals surface area (Å²) in [6.07, 6.45) is 4.77. The molecule has 0 radical (unpaired) electrons. The summed E-state index contributed by atoms with van der Waals surface area (Å²) in [5.41, 5.74) is 5.38. The topological polar surface area (TPSA) is 96.0 Å². The van der Waals surface area contributed by atoms with Crippen LogP contribution in [0.1, 0.15) is 77.0 Å². The molecule has 0 atom stereocenters. The molecule has 2 aromatic heterocycles. The molecule has 1 aromatic carbocycles. The normalized spacial score (nSPS) is 14.3. The van der Waals surface area contributed by atoms with Crippen LogP contribution in [0, 0.1) is 12.8 Å². The average molecular weight is 592 g/mol. The largest absolute Gasteiger partial charge is 0.337 e. The van der Waals surface area contributed by atoms with Gasteiger partial charge < -0.3 is 16.0 Å². The predicted molar refractivity (Wildman–Crippen MR) is 166 cm³/mol. The van der Waals surface area contributed by atoms with E-state index >= 15 is 0 Å². The number of hydrogen-bond acceptors (Lipinski definition) is 8. The second-order valence-corrected chi connectivity index (χ2v) is 14.4. The molecule has 214 valence electrons. The summed E-state index contributed by atoms with van der Waals surface area (Å²) in [7, 11) is -3.44. The van der Waals surface area contributed by atoms with Crippen molar-refractivity contribution >= 4 is 55.9 Å². The highest BCUT2D eigenvalue weighted by Gasteiger charge is 2.25. The standard InChI is InChI=1S/C27H36ClN5O2S2.C2H6/c1-16(2)12-20-14-21(19-6-9-29-10-7-19)18(5)13-24(20)32-27-30-15-22(28)25(33-27)31-23-8-11-36-26(23)37(34,35)17(3)4;1-2/h8,11,13-17,19,29H,6-7,9-10,12H2,1-5H3,(H2,30,31,32,33);1-2H3. The molecule has 3 heterocycles. The van der Waals surface area contributed by atoms with Crippen LogP contribution in [-0.4, -0.2) is 36.7 Å². The van der Waals surface area contributed by atoms with Crippen LogP contribution in [0.25, 0.3) is 0 Å². The third kappa shape index (κ3) is 7.72. The highest BCUT2D eigenvalue weighted by Crippen LogP contribution is 2.36. The van der Waals surface area contributed by atoms with Crippen molar-refractivity contribution in [2.24, 2.45) is 5.92 Å². The molecule has 10 heteroatoms. The molecule has 7 nitrogen and oxygen atoms in total. The Labute approximate surface area is 243 Å². The fourth-order valence-corrected chi connectivity index (χ4v) is 7.50. The molecule has 0 spiro atoms. The number of rotatable bonds is 9. The molecular weight excluding hydrogens is 550 g/mol. The lowest BCUT2D eigenvalue weighted by molar-refractivity contribution is 0.459. The monoisotopic (exact) mass is 591 g/mol. The number of anilines is 4. The van der Waals surface area contributed by atoms with E-state index in [0.717, 1.165) is 38.0 Å². The molecule has 39 heavy (non-hydrogen) atoms. The van der Waals surface area contributed by atoms with E-state index in [4.69, 9.17) is 11.6 Å². The fourth-order valence-electron chi connectivity index (χ4n) is 4.66. The van der Waals surface area contributed by atoms with Gasteiger partial charge in [0.15, 0.2) is 15.7 Å². The van der Waals surface area contributed by atoms with Gasteiger partial charge in [-0.1, -0.05) is 45.4 Å². The third-order valence-corrected chi connectivity index (χ3v) is 10.6. The van der Waals surface area contributed by atoms with Gasteiger partial charge in [0.1, 0.15) is 9.23 Å². The number of thiophene rings is 1. The van der Waals surface area contributed by atoms with E-state index in [0.29, 0.717) is 34.3 Å². The van der Waals surface area contributed by atoms with E-state index < -0.39 is 15.1 Å². The number of aryl methyl sites for hydroxylation is 1. The van der Waals surface area contributed by atoms with E-state index in [1.807, 2.05) is 13.8 Å². The first-order valence-electron chi connectivity index (χ1n) is 13.8. The van der Waals surface area contributed by atoms with E-state index in [9.17, 15) is 8.42 Å². The molecule has 1 aliphatic heterocycles. The molecule has 0 bridgehead atoms. The number of nitrogens with one attached hydrogen (secondary N) is 3. The lowest BCUT2D eigenvalue weighted by atomic mass is 9.85. The first-order chi connectivity index (χ1) is 18.6. The smallest absolute Gasteiger partial charge is 0.229 e. The molecule has 0 saturated carbocycles. The van der Waals surface area contributed by atoms with Gasteiger partial charge in [0, 0.05) is 5.69 Å². The zero-order valence-electron chi connectivity index (χ0n) is 24.1. The van der Waals surface area contributed by atoms with Gasteiger partial charge >= 0.3 is 0 Å². The summed E-state index contributed by atoms with van der Waals surface area (Å²) in [5.74, 6) is 1.82. The summed E-state index contributed by atoms with van der Waals surface area (Å²) < 4.78 is 25.8. The Kier molecular flexibility index (Phi) is 11.2. The van der Waals surface area contributed by atoms with Crippen LogP contribution >= 0.6 is 22.9 Å². The Balaban J connectivity index is 0.00000205. The number of piperidine rings is 1. The molecule has 1 fully saturated rings. The fraction of sp³-hybridized carbons (Fsp3) is 0.517. The third-order valence-electron chi connectivity index (χ3n) is 6.65. The van der Waals surface area contributed by atoms with E-state index in [1.165, 1.54) is 34.2 Å². The maximum Gasteiger partial charge on any atom is 0.229 e. The minimum Gasteiger partial charge on any atom is -0.337 e. The molecule has 0 aliphatic carbocycles. The van der Waals surface area contributed by atoms with Crippen molar-refractivity contribution in [2.45, 2.75) is 83.1 Å². The van der Waals surface area contributed by atoms with Gasteiger partial charge in [-0.05, 0) is 99.2 Å². The van der Waals surface area contributed by atoms with Crippen LogP contribution in [-0.2, 0) is 16.3 Å². The van der Waals surface area contributed by atoms with Crippen molar-refractivity contribution in [1.82, 2.24) is 15.3 Å². The van der Waals surface area contributed by atoms with Gasteiger partial charge in [0.05, 0.1) is 17.1 Å². The van der Waals surface area contributed by atoms with Crippen LogP contribution in [0.2, 0.25) is 5.02 Å². The Hall–Kier alpha value is -2.20. The van der Waals surface area contributed by atoms with Crippen molar-refractivity contribution in [3.63, 3.8) is 0 Å². The quantitative estimate of drug-likeness (QED) is 0.233. The van der Waals surface area contributed by atoms with E-state index in [1.54, 1.807) is 25.3 Å². The second-order valence-electron chi connectivity index (χ2n) is 10.3. The Morgan fingerprint density at radius 3 is 2.44 bits per heavy atom. The van der Waals surface area contributed by atoms with Gasteiger partial charge in [-0.15, -0.1) is 11.3 Å². The Morgan fingerprint density at radius 1 is 1.10 bits per heavy atom. The number of benzene rings is 1. The molecule has 1 saturated heterocycles. The Morgan fingerprint density at radius 2 is 1.79 bits per heavy atom. The molecular formula is C29H42ClN5O2S2. The van der Waals surface area contributed by atoms with Crippen LogP contribution in [0.4, 0.5) is 23.1 Å². The molecule has 3 N–H and O–H groups in total. The van der Waals surface area contributed by atoms with E-state index in [-0.39, 0.29) is 4.21 Å². The summed E-state index contributed by atoms with van der Waals surface area (Å²) >= 11 is 7.59. The zero-order chi connectivity index (χ0) is 28.7. The van der Waals surface area contributed by atoms with E-state index in [2.05, 4.69) is 58.8 Å². The Bertz CT molecular complexity index is 1350.